The number of alkyl halides is 2. The predicted octanol–water partition coefficient (Wildman–Crippen LogP) is 4.67. The zero-order valence-corrected chi connectivity index (χ0v) is 12.9. The van der Waals surface area contributed by atoms with Crippen molar-refractivity contribution in [2.24, 2.45) is 0 Å². The van der Waals surface area contributed by atoms with E-state index in [0.29, 0.717) is 12.1 Å². The maximum atomic E-state index is 12.3. The topological polar surface area (TPSA) is 30.5 Å². The first-order valence-corrected chi connectivity index (χ1v) is 6.99. The Labute approximate surface area is 130 Å². The van der Waals surface area contributed by atoms with Gasteiger partial charge in [0.15, 0.2) is 0 Å². The van der Waals surface area contributed by atoms with Gasteiger partial charge in [0, 0.05) is 17.8 Å². The van der Waals surface area contributed by atoms with E-state index in [1.165, 1.54) is 6.07 Å². The van der Waals surface area contributed by atoms with E-state index in [4.69, 9.17) is 4.74 Å². The molecule has 0 amide bonds. The fraction of sp³-hybridized carbons (Fsp3) is 0.200. The largest absolute Gasteiger partial charge is 0.496 e. The minimum Gasteiger partial charge on any atom is -0.496 e. The number of nitrogens with one attached hydrogen (secondary N) is 1. The van der Waals surface area contributed by atoms with Gasteiger partial charge in [-0.25, -0.2) is 0 Å². The summed E-state index contributed by atoms with van der Waals surface area (Å²) in [6.45, 7) is -2.46. The summed E-state index contributed by atoms with van der Waals surface area (Å²) in [5.74, 6) is 0.898. The third-order valence-electron chi connectivity index (χ3n) is 2.82. The van der Waals surface area contributed by atoms with E-state index in [1.54, 1.807) is 25.3 Å². The molecular formula is C15H14BrF2NO2. The second-order valence-corrected chi connectivity index (χ2v) is 5.04. The van der Waals surface area contributed by atoms with Crippen molar-refractivity contribution in [2.45, 2.75) is 13.2 Å². The summed E-state index contributed by atoms with van der Waals surface area (Å²) >= 11 is 3.39. The summed E-state index contributed by atoms with van der Waals surface area (Å²) in [5, 5.41) is 3.16. The van der Waals surface area contributed by atoms with Crippen LogP contribution < -0.4 is 14.8 Å². The number of para-hydroxylation sites is 1. The van der Waals surface area contributed by atoms with E-state index >= 15 is 0 Å². The van der Waals surface area contributed by atoms with Gasteiger partial charge in [-0.3, -0.25) is 0 Å². The molecule has 0 bridgehead atoms. The molecule has 2 aromatic rings. The molecule has 0 spiro atoms. The lowest BCUT2D eigenvalue weighted by atomic mass is 10.2. The molecule has 112 valence electrons. The molecule has 0 fully saturated rings. The number of benzene rings is 2. The van der Waals surface area contributed by atoms with Gasteiger partial charge in [0.2, 0.25) is 0 Å². The molecule has 0 radical (unpaired) electrons. The average molecular weight is 358 g/mol. The van der Waals surface area contributed by atoms with Crippen molar-refractivity contribution < 1.29 is 18.3 Å². The maximum absolute atomic E-state index is 12.3. The van der Waals surface area contributed by atoms with Crippen LogP contribution in [0.1, 0.15) is 5.56 Å². The Morgan fingerprint density at radius 3 is 2.57 bits per heavy atom. The lowest BCUT2D eigenvalue weighted by Crippen LogP contribution is -2.07. The third-order valence-corrected chi connectivity index (χ3v) is 3.44. The molecule has 3 nitrogen and oxygen atoms in total. The third kappa shape index (κ3) is 4.32. The van der Waals surface area contributed by atoms with Gasteiger partial charge in [-0.1, -0.05) is 18.2 Å². The summed E-state index contributed by atoms with van der Waals surface area (Å²) in [4.78, 5) is 0. The molecule has 0 saturated carbocycles. The number of hydrogen-bond donors (Lipinski definition) is 1. The lowest BCUT2D eigenvalue weighted by Gasteiger charge is -2.13. The van der Waals surface area contributed by atoms with Crippen LogP contribution in [-0.2, 0) is 6.54 Å². The lowest BCUT2D eigenvalue weighted by molar-refractivity contribution is -0.0504. The zero-order chi connectivity index (χ0) is 15.2. The minimum absolute atomic E-state index is 0.174. The van der Waals surface area contributed by atoms with E-state index in [0.717, 1.165) is 15.9 Å². The van der Waals surface area contributed by atoms with Gasteiger partial charge in [-0.05, 0) is 40.2 Å². The summed E-state index contributed by atoms with van der Waals surface area (Å²) in [7, 11) is 1.59. The monoisotopic (exact) mass is 357 g/mol. The predicted molar refractivity (Wildman–Crippen MR) is 81.1 cm³/mol. The highest BCUT2D eigenvalue weighted by molar-refractivity contribution is 9.10. The Balaban J connectivity index is 2.08. The Bertz CT molecular complexity index is 608. The van der Waals surface area contributed by atoms with E-state index in [9.17, 15) is 8.78 Å². The molecule has 0 aliphatic rings. The zero-order valence-electron chi connectivity index (χ0n) is 11.3. The van der Waals surface area contributed by atoms with E-state index in [2.05, 4.69) is 26.0 Å². The van der Waals surface area contributed by atoms with Crippen LogP contribution in [0.25, 0.3) is 0 Å². The van der Waals surface area contributed by atoms with E-state index in [1.807, 2.05) is 18.2 Å². The molecule has 0 unspecified atom stereocenters. The smallest absolute Gasteiger partial charge is 0.387 e. The molecule has 2 rings (SSSR count). The highest BCUT2D eigenvalue weighted by Gasteiger charge is 2.09. The molecule has 21 heavy (non-hydrogen) atoms. The number of anilines is 1. The summed E-state index contributed by atoms with van der Waals surface area (Å²) in [6, 6.07) is 12.2. The summed E-state index contributed by atoms with van der Waals surface area (Å²) < 4.78 is 35.1. The van der Waals surface area contributed by atoms with Gasteiger partial charge in [-0.2, -0.15) is 8.78 Å². The Morgan fingerprint density at radius 1 is 1.14 bits per heavy atom. The average Bonchev–Trinajstić information content (AvgIpc) is 2.46. The molecule has 0 heterocycles. The highest BCUT2D eigenvalue weighted by Crippen LogP contribution is 2.28. The fourth-order valence-electron chi connectivity index (χ4n) is 1.83. The molecule has 0 aromatic heterocycles. The van der Waals surface area contributed by atoms with Crippen LogP contribution in [0.2, 0.25) is 0 Å². The summed E-state index contributed by atoms with van der Waals surface area (Å²) in [5.41, 5.74) is 1.50. The Kier molecular flexibility index (Phi) is 5.38. The first kappa shape index (κ1) is 15.6. The quantitative estimate of drug-likeness (QED) is 0.814. The molecule has 0 atom stereocenters. The van der Waals surface area contributed by atoms with Gasteiger partial charge in [0.05, 0.1) is 11.6 Å². The molecular weight excluding hydrogens is 344 g/mol. The number of halogens is 3. The number of ether oxygens (including phenoxy) is 2. The number of rotatable bonds is 6. The van der Waals surface area contributed by atoms with E-state index < -0.39 is 6.61 Å². The SMILES string of the molecule is COc1ccc(NCc2ccccc2OC(F)F)cc1Br. The van der Waals surface area contributed by atoms with Gasteiger partial charge in [0.25, 0.3) is 0 Å². The number of methoxy groups -OCH3 is 1. The normalized spacial score (nSPS) is 10.5. The molecule has 0 saturated heterocycles. The fourth-order valence-corrected chi connectivity index (χ4v) is 2.38. The standard InChI is InChI=1S/C15H14BrF2NO2/c1-20-14-7-6-11(8-12(14)16)19-9-10-4-2-3-5-13(10)21-15(17)18/h2-8,15,19H,9H2,1H3. The second kappa shape index (κ2) is 7.26. The van der Waals surface area contributed by atoms with Crippen LogP contribution in [0.4, 0.5) is 14.5 Å². The first-order valence-electron chi connectivity index (χ1n) is 6.20. The second-order valence-electron chi connectivity index (χ2n) is 4.19. The van der Waals surface area contributed by atoms with Crippen LogP contribution >= 0.6 is 15.9 Å². The van der Waals surface area contributed by atoms with Crippen LogP contribution in [0.3, 0.4) is 0 Å². The molecule has 6 heteroatoms. The van der Waals surface area contributed by atoms with Crippen LogP contribution in [0.5, 0.6) is 11.5 Å². The van der Waals surface area contributed by atoms with Crippen molar-refractivity contribution in [1.82, 2.24) is 0 Å². The molecule has 0 aliphatic heterocycles. The Hall–Kier alpha value is -1.82. The van der Waals surface area contributed by atoms with Gasteiger partial charge in [-0.15, -0.1) is 0 Å². The van der Waals surface area contributed by atoms with Gasteiger partial charge >= 0.3 is 6.61 Å². The van der Waals surface area contributed by atoms with Gasteiger partial charge < -0.3 is 14.8 Å². The van der Waals surface area contributed by atoms with Crippen LogP contribution in [0.15, 0.2) is 46.9 Å². The van der Waals surface area contributed by atoms with Crippen molar-refractivity contribution >= 4 is 21.6 Å². The van der Waals surface area contributed by atoms with Crippen molar-refractivity contribution in [3.63, 3.8) is 0 Å². The van der Waals surface area contributed by atoms with E-state index in [-0.39, 0.29) is 5.75 Å². The minimum atomic E-state index is -2.83. The van der Waals surface area contributed by atoms with Crippen molar-refractivity contribution in [3.05, 3.63) is 52.5 Å². The highest BCUT2D eigenvalue weighted by atomic mass is 79.9. The first-order chi connectivity index (χ1) is 10.1. The number of hydrogen-bond acceptors (Lipinski definition) is 3. The Morgan fingerprint density at radius 2 is 1.90 bits per heavy atom. The van der Waals surface area contributed by atoms with Gasteiger partial charge in [0.1, 0.15) is 11.5 Å². The summed E-state index contributed by atoms with van der Waals surface area (Å²) in [6.07, 6.45) is 0. The van der Waals surface area contributed by atoms with Crippen molar-refractivity contribution in [3.8, 4) is 11.5 Å². The maximum Gasteiger partial charge on any atom is 0.387 e. The van der Waals surface area contributed by atoms with Crippen LogP contribution in [-0.4, -0.2) is 13.7 Å². The molecule has 1 N–H and O–H groups in total. The van der Waals surface area contributed by atoms with Crippen molar-refractivity contribution in [2.75, 3.05) is 12.4 Å². The molecule has 0 aliphatic carbocycles. The van der Waals surface area contributed by atoms with Crippen molar-refractivity contribution in [1.29, 1.82) is 0 Å². The van der Waals surface area contributed by atoms with Crippen LogP contribution in [0, 0.1) is 0 Å². The molecule has 2 aromatic carbocycles.